The largest absolute Gasteiger partial charge is 0.478 e. The first kappa shape index (κ1) is 14.6. The van der Waals surface area contributed by atoms with Crippen LogP contribution in [0.2, 0.25) is 0 Å². The van der Waals surface area contributed by atoms with Crippen LogP contribution in [0.4, 0.5) is 0 Å². The fourth-order valence-electron chi connectivity index (χ4n) is 1.39. The van der Waals surface area contributed by atoms with Gasteiger partial charge in [-0.15, -0.1) is 0 Å². The lowest BCUT2D eigenvalue weighted by atomic mass is 10.1. The Kier molecular flexibility index (Phi) is 4.99. The summed E-state index contributed by atoms with van der Waals surface area (Å²) in [6.45, 7) is 3.38. The first-order chi connectivity index (χ1) is 8.91. The molecule has 102 valence electrons. The minimum Gasteiger partial charge on any atom is -0.478 e. The maximum Gasteiger partial charge on any atom is 0.338 e. The molecule has 3 N–H and O–H groups in total. The van der Waals surface area contributed by atoms with Gasteiger partial charge in [-0.05, 0) is 19.9 Å². The van der Waals surface area contributed by atoms with E-state index in [2.05, 4.69) is 15.6 Å². The van der Waals surface area contributed by atoms with Crippen molar-refractivity contribution < 1.29 is 19.5 Å². The quantitative estimate of drug-likeness (QED) is 0.696. The van der Waals surface area contributed by atoms with Gasteiger partial charge in [0.15, 0.2) is 0 Å². The Morgan fingerprint density at radius 3 is 2.58 bits per heavy atom. The van der Waals surface area contributed by atoms with Crippen LogP contribution >= 0.6 is 0 Å². The number of carboxylic acids is 1. The topological polar surface area (TPSA) is 108 Å². The van der Waals surface area contributed by atoms with E-state index < -0.39 is 11.9 Å². The van der Waals surface area contributed by atoms with E-state index in [0.717, 1.165) is 6.20 Å². The van der Waals surface area contributed by atoms with Crippen LogP contribution < -0.4 is 10.6 Å². The molecule has 0 atom stereocenters. The molecule has 1 rings (SSSR count). The number of aromatic nitrogens is 1. The minimum absolute atomic E-state index is 0.0279. The third-order valence-electron chi connectivity index (χ3n) is 2.16. The molecule has 0 aliphatic heterocycles. The number of hydrogen-bond acceptors (Lipinski definition) is 4. The summed E-state index contributed by atoms with van der Waals surface area (Å²) >= 11 is 0. The molecule has 0 radical (unpaired) electrons. The van der Waals surface area contributed by atoms with Crippen LogP contribution in [0.3, 0.4) is 0 Å². The van der Waals surface area contributed by atoms with Crippen LogP contribution in [-0.2, 0) is 4.79 Å². The molecular weight excluding hydrogens is 250 g/mol. The molecule has 1 heterocycles. The molecule has 0 saturated carbocycles. The van der Waals surface area contributed by atoms with Gasteiger partial charge in [-0.25, -0.2) is 4.79 Å². The maximum atomic E-state index is 11.8. The Morgan fingerprint density at radius 1 is 1.32 bits per heavy atom. The van der Waals surface area contributed by atoms with Crippen molar-refractivity contribution in [2.75, 3.05) is 6.54 Å². The Labute approximate surface area is 110 Å². The van der Waals surface area contributed by atoms with Gasteiger partial charge >= 0.3 is 5.97 Å². The van der Waals surface area contributed by atoms with Crippen LogP contribution in [0.1, 0.15) is 34.6 Å². The molecule has 19 heavy (non-hydrogen) atoms. The van der Waals surface area contributed by atoms with Gasteiger partial charge in [0, 0.05) is 18.4 Å². The summed E-state index contributed by atoms with van der Waals surface area (Å²) in [6.07, 6.45) is 2.40. The molecular formula is C12H15N3O4. The second kappa shape index (κ2) is 6.48. The number of aromatic carboxylic acids is 1. The summed E-state index contributed by atoms with van der Waals surface area (Å²) < 4.78 is 0. The van der Waals surface area contributed by atoms with E-state index in [4.69, 9.17) is 5.11 Å². The number of carboxylic acid groups (broad SMARTS) is 1. The van der Waals surface area contributed by atoms with Crippen LogP contribution in [0, 0.1) is 0 Å². The molecule has 1 aromatic heterocycles. The predicted octanol–water partition coefficient (Wildman–Crippen LogP) is 0.0342. The summed E-state index contributed by atoms with van der Waals surface area (Å²) in [5.41, 5.74) is -0.232. The standard InChI is InChI=1S/C12H15N3O4/c1-7(2)15-10(16)6-14-11(17)8-3-4-13-5-9(8)12(18)19/h3-5,7H,6H2,1-2H3,(H,14,17)(H,15,16)(H,18,19). The molecule has 0 fully saturated rings. The number of carbonyl (C=O) groups is 3. The van der Waals surface area contributed by atoms with E-state index in [1.165, 1.54) is 12.3 Å². The zero-order chi connectivity index (χ0) is 14.4. The van der Waals surface area contributed by atoms with E-state index in [9.17, 15) is 14.4 Å². The summed E-state index contributed by atoms with van der Waals surface area (Å²) in [4.78, 5) is 37.7. The lowest BCUT2D eigenvalue weighted by Crippen LogP contribution is -2.40. The highest BCUT2D eigenvalue weighted by atomic mass is 16.4. The van der Waals surface area contributed by atoms with E-state index in [1.54, 1.807) is 13.8 Å². The Bertz CT molecular complexity index is 500. The average molecular weight is 265 g/mol. The van der Waals surface area contributed by atoms with Crippen molar-refractivity contribution in [1.82, 2.24) is 15.6 Å². The molecule has 0 aliphatic carbocycles. The number of pyridine rings is 1. The third kappa shape index (κ3) is 4.38. The van der Waals surface area contributed by atoms with Crippen molar-refractivity contribution in [3.05, 3.63) is 29.6 Å². The summed E-state index contributed by atoms with van der Waals surface area (Å²) in [5.74, 6) is -2.21. The van der Waals surface area contributed by atoms with Gasteiger partial charge in [0.1, 0.15) is 0 Å². The molecule has 7 nitrogen and oxygen atoms in total. The van der Waals surface area contributed by atoms with Crippen molar-refractivity contribution in [1.29, 1.82) is 0 Å². The van der Waals surface area contributed by atoms with E-state index >= 15 is 0 Å². The highest BCUT2D eigenvalue weighted by Gasteiger charge is 2.16. The van der Waals surface area contributed by atoms with Crippen LogP contribution in [0.5, 0.6) is 0 Å². The summed E-state index contributed by atoms with van der Waals surface area (Å²) in [7, 11) is 0. The lowest BCUT2D eigenvalue weighted by Gasteiger charge is -2.10. The van der Waals surface area contributed by atoms with E-state index in [0.29, 0.717) is 0 Å². The lowest BCUT2D eigenvalue weighted by molar-refractivity contribution is -0.120. The molecule has 0 unspecified atom stereocenters. The average Bonchev–Trinajstić information content (AvgIpc) is 2.35. The monoisotopic (exact) mass is 265 g/mol. The molecule has 0 bridgehead atoms. The van der Waals surface area contributed by atoms with Gasteiger partial charge in [0.05, 0.1) is 17.7 Å². The molecule has 1 aromatic rings. The van der Waals surface area contributed by atoms with Crippen LogP contribution in [0.15, 0.2) is 18.5 Å². The molecule has 2 amide bonds. The summed E-state index contributed by atoms with van der Waals surface area (Å²) in [6, 6.07) is 1.26. The Morgan fingerprint density at radius 2 is 2.00 bits per heavy atom. The predicted molar refractivity (Wildman–Crippen MR) is 66.8 cm³/mol. The molecule has 0 spiro atoms. The van der Waals surface area contributed by atoms with Crippen molar-refractivity contribution in [2.24, 2.45) is 0 Å². The second-order valence-corrected chi connectivity index (χ2v) is 4.13. The van der Waals surface area contributed by atoms with Crippen LogP contribution in [0.25, 0.3) is 0 Å². The zero-order valence-electron chi connectivity index (χ0n) is 10.6. The van der Waals surface area contributed by atoms with Crippen molar-refractivity contribution in [2.45, 2.75) is 19.9 Å². The first-order valence-corrected chi connectivity index (χ1v) is 5.66. The molecule has 0 saturated heterocycles. The van der Waals surface area contributed by atoms with E-state index in [-0.39, 0.29) is 29.6 Å². The van der Waals surface area contributed by atoms with Gasteiger partial charge in [-0.3, -0.25) is 14.6 Å². The first-order valence-electron chi connectivity index (χ1n) is 5.66. The number of hydrogen-bond donors (Lipinski definition) is 3. The van der Waals surface area contributed by atoms with Gasteiger partial charge in [-0.1, -0.05) is 0 Å². The third-order valence-corrected chi connectivity index (χ3v) is 2.16. The van der Waals surface area contributed by atoms with Gasteiger partial charge in [0.2, 0.25) is 5.91 Å². The van der Waals surface area contributed by atoms with Gasteiger partial charge in [-0.2, -0.15) is 0 Å². The van der Waals surface area contributed by atoms with E-state index in [1.807, 2.05) is 0 Å². The fraction of sp³-hybridized carbons (Fsp3) is 0.333. The van der Waals surface area contributed by atoms with Crippen LogP contribution in [-0.4, -0.2) is 40.5 Å². The van der Waals surface area contributed by atoms with Crippen molar-refractivity contribution in [3.63, 3.8) is 0 Å². The normalized spacial score (nSPS) is 10.1. The molecule has 0 aliphatic rings. The number of rotatable bonds is 5. The van der Waals surface area contributed by atoms with Gasteiger partial charge < -0.3 is 15.7 Å². The second-order valence-electron chi connectivity index (χ2n) is 4.13. The fourth-order valence-corrected chi connectivity index (χ4v) is 1.39. The summed E-state index contributed by atoms with van der Waals surface area (Å²) in [5, 5.41) is 13.9. The van der Waals surface area contributed by atoms with Crippen molar-refractivity contribution in [3.8, 4) is 0 Å². The SMILES string of the molecule is CC(C)NC(=O)CNC(=O)c1ccncc1C(=O)O. The molecule has 0 aromatic carbocycles. The van der Waals surface area contributed by atoms with Gasteiger partial charge in [0.25, 0.3) is 5.91 Å². The highest BCUT2D eigenvalue weighted by Crippen LogP contribution is 2.06. The highest BCUT2D eigenvalue weighted by molar-refractivity contribution is 6.05. The number of amides is 2. The molecule has 7 heteroatoms. The number of nitrogens with zero attached hydrogens (tertiary/aromatic N) is 1. The Hall–Kier alpha value is -2.44. The number of carbonyl (C=O) groups excluding carboxylic acids is 2. The number of nitrogens with one attached hydrogen (secondary N) is 2. The minimum atomic E-state index is -1.25. The maximum absolute atomic E-state index is 11.8. The smallest absolute Gasteiger partial charge is 0.338 e. The van der Waals surface area contributed by atoms with Crippen molar-refractivity contribution >= 4 is 17.8 Å². The Balaban J connectivity index is 2.69. The zero-order valence-corrected chi connectivity index (χ0v) is 10.6.